The van der Waals surface area contributed by atoms with Crippen LogP contribution < -0.4 is 0 Å². The average molecular weight is 373 g/mol. The number of carbonyl (C=O) groups is 1. The van der Waals surface area contributed by atoms with E-state index in [1.54, 1.807) is 4.31 Å². The van der Waals surface area contributed by atoms with Gasteiger partial charge in [-0.2, -0.15) is 0 Å². The van der Waals surface area contributed by atoms with Gasteiger partial charge in [0.15, 0.2) is 0 Å². The SMILES string of the molecule is CS(=O)(=O)N1CCCC(N(C(=O)C2CCCCC2)C2CCOCC2)C1. The largest absolute Gasteiger partial charge is 0.381 e. The molecular weight excluding hydrogens is 340 g/mol. The highest BCUT2D eigenvalue weighted by Crippen LogP contribution is 2.31. The highest BCUT2D eigenvalue weighted by Gasteiger charge is 2.38. The molecule has 0 aromatic heterocycles. The van der Waals surface area contributed by atoms with Crippen LogP contribution in [-0.2, 0) is 19.6 Å². The van der Waals surface area contributed by atoms with Gasteiger partial charge in [0.2, 0.25) is 15.9 Å². The van der Waals surface area contributed by atoms with Gasteiger partial charge in [-0.05, 0) is 38.5 Å². The summed E-state index contributed by atoms with van der Waals surface area (Å²) in [5.74, 6) is 0.400. The van der Waals surface area contributed by atoms with E-state index in [9.17, 15) is 13.2 Å². The van der Waals surface area contributed by atoms with Gasteiger partial charge in [0.05, 0.1) is 6.26 Å². The number of sulfonamides is 1. The number of nitrogens with zero attached hydrogens (tertiary/aromatic N) is 2. The molecule has 3 aliphatic rings. The highest BCUT2D eigenvalue weighted by atomic mass is 32.2. The van der Waals surface area contributed by atoms with Crippen molar-refractivity contribution in [3.8, 4) is 0 Å². The van der Waals surface area contributed by atoms with Crippen molar-refractivity contribution in [1.29, 1.82) is 0 Å². The molecule has 0 radical (unpaired) electrons. The molecule has 1 saturated carbocycles. The van der Waals surface area contributed by atoms with Gasteiger partial charge in [-0.3, -0.25) is 4.79 Å². The molecule has 3 fully saturated rings. The lowest BCUT2D eigenvalue weighted by Crippen LogP contribution is -2.57. The molecule has 3 rings (SSSR count). The van der Waals surface area contributed by atoms with Crippen molar-refractivity contribution in [1.82, 2.24) is 9.21 Å². The first-order valence-corrected chi connectivity index (χ1v) is 11.7. The fraction of sp³-hybridized carbons (Fsp3) is 0.944. The van der Waals surface area contributed by atoms with Crippen LogP contribution in [0.15, 0.2) is 0 Å². The first kappa shape index (κ1) is 19.1. The summed E-state index contributed by atoms with van der Waals surface area (Å²) in [6.45, 7) is 2.42. The Hall–Kier alpha value is -0.660. The van der Waals surface area contributed by atoms with Crippen LogP contribution in [0.2, 0.25) is 0 Å². The zero-order valence-electron chi connectivity index (χ0n) is 15.4. The van der Waals surface area contributed by atoms with Gasteiger partial charge >= 0.3 is 0 Å². The number of rotatable bonds is 4. The Morgan fingerprint density at radius 1 is 0.960 bits per heavy atom. The summed E-state index contributed by atoms with van der Waals surface area (Å²) >= 11 is 0. The molecule has 0 N–H and O–H groups in total. The number of amides is 1. The predicted octanol–water partition coefficient (Wildman–Crippen LogP) is 2.00. The lowest BCUT2D eigenvalue weighted by Gasteiger charge is -2.45. The fourth-order valence-corrected chi connectivity index (χ4v) is 5.53. The maximum absolute atomic E-state index is 13.4. The third-order valence-electron chi connectivity index (χ3n) is 6.01. The molecule has 2 aliphatic heterocycles. The monoisotopic (exact) mass is 372 g/mol. The predicted molar refractivity (Wildman–Crippen MR) is 96.7 cm³/mol. The standard InChI is InChI=1S/C18H32N2O4S/c1-25(22,23)19-11-5-8-17(14-19)20(16-9-12-24-13-10-16)18(21)15-6-3-2-4-7-15/h15-17H,2-14H2,1H3. The van der Waals surface area contributed by atoms with E-state index in [1.807, 2.05) is 0 Å². The fourth-order valence-electron chi connectivity index (χ4n) is 4.63. The summed E-state index contributed by atoms with van der Waals surface area (Å²) in [7, 11) is -3.20. The number of hydrogen-bond donors (Lipinski definition) is 0. The van der Waals surface area contributed by atoms with E-state index in [-0.39, 0.29) is 23.9 Å². The van der Waals surface area contributed by atoms with Crippen molar-refractivity contribution in [3.05, 3.63) is 0 Å². The summed E-state index contributed by atoms with van der Waals surface area (Å²) in [6, 6.07) is 0.216. The molecule has 1 amide bonds. The Morgan fingerprint density at radius 3 is 2.28 bits per heavy atom. The Balaban J connectivity index is 1.78. The van der Waals surface area contributed by atoms with Crippen molar-refractivity contribution in [3.63, 3.8) is 0 Å². The van der Waals surface area contributed by atoms with Crippen LogP contribution in [0.25, 0.3) is 0 Å². The van der Waals surface area contributed by atoms with E-state index in [0.717, 1.165) is 51.4 Å². The molecule has 0 aromatic carbocycles. The molecule has 1 atom stereocenters. The Morgan fingerprint density at radius 2 is 1.64 bits per heavy atom. The van der Waals surface area contributed by atoms with E-state index >= 15 is 0 Å². The molecule has 1 unspecified atom stereocenters. The second kappa shape index (κ2) is 8.35. The van der Waals surface area contributed by atoms with Crippen molar-refractivity contribution >= 4 is 15.9 Å². The number of hydrogen-bond acceptors (Lipinski definition) is 4. The van der Waals surface area contributed by atoms with Gasteiger partial charge in [0.1, 0.15) is 0 Å². The van der Waals surface area contributed by atoms with Crippen molar-refractivity contribution < 1.29 is 17.9 Å². The molecule has 7 heteroatoms. The van der Waals surface area contributed by atoms with Crippen molar-refractivity contribution in [2.45, 2.75) is 69.9 Å². The van der Waals surface area contributed by atoms with Gasteiger partial charge in [-0.15, -0.1) is 0 Å². The quantitative estimate of drug-likeness (QED) is 0.757. The van der Waals surface area contributed by atoms with Crippen LogP contribution in [0.5, 0.6) is 0 Å². The van der Waals surface area contributed by atoms with Crippen LogP contribution >= 0.6 is 0 Å². The zero-order valence-corrected chi connectivity index (χ0v) is 16.2. The third kappa shape index (κ3) is 4.74. The molecule has 0 aromatic rings. The Kier molecular flexibility index (Phi) is 6.39. The number of piperidine rings is 1. The third-order valence-corrected chi connectivity index (χ3v) is 7.28. The van der Waals surface area contributed by atoms with Gasteiger partial charge in [-0.25, -0.2) is 12.7 Å². The molecule has 6 nitrogen and oxygen atoms in total. The van der Waals surface area contributed by atoms with Gasteiger partial charge in [-0.1, -0.05) is 19.3 Å². The Bertz CT molecular complexity index is 553. The lowest BCUT2D eigenvalue weighted by molar-refractivity contribution is -0.145. The van der Waals surface area contributed by atoms with E-state index < -0.39 is 10.0 Å². The van der Waals surface area contributed by atoms with E-state index in [0.29, 0.717) is 26.3 Å². The molecule has 1 aliphatic carbocycles. The smallest absolute Gasteiger partial charge is 0.226 e. The molecular formula is C18H32N2O4S. The van der Waals surface area contributed by atoms with E-state index in [2.05, 4.69) is 4.90 Å². The van der Waals surface area contributed by atoms with E-state index in [4.69, 9.17) is 4.74 Å². The van der Waals surface area contributed by atoms with Gasteiger partial charge < -0.3 is 9.64 Å². The lowest BCUT2D eigenvalue weighted by atomic mass is 9.86. The van der Waals surface area contributed by atoms with Crippen LogP contribution in [-0.4, -0.2) is 68.2 Å². The summed E-state index contributed by atoms with van der Waals surface area (Å²) in [5, 5.41) is 0. The first-order chi connectivity index (χ1) is 12.0. The second-order valence-corrected chi connectivity index (χ2v) is 9.82. The van der Waals surface area contributed by atoms with Crippen LogP contribution in [0.4, 0.5) is 0 Å². The summed E-state index contributed by atoms with van der Waals surface area (Å²) in [4.78, 5) is 15.5. The maximum atomic E-state index is 13.4. The minimum atomic E-state index is -3.20. The average Bonchev–Trinajstić information content (AvgIpc) is 2.63. The van der Waals surface area contributed by atoms with Crippen LogP contribution in [0, 0.1) is 5.92 Å². The van der Waals surface area contributed by atoms with Gasteiger partial charge in [0, 0.05) is 44.3 Å². The molecule has 25 heavy (non-hydrogen) atoms. The molecule has 144 valence electrons. The summed E-state index contributed by atoms with van der Waals surface area (Å²) < 4.78 is 31.1. The number of ether oxygens (including phenoxy) is 1. The second-order valence-electron chi connectivity index (χ2n) is 7.84. The number of carbonyl (C=O) groups excluding carboxylic acids is 1. The van der Waals surface area contributed by atoms with E-state index in [1.165, 1.54) is 12.7 Å². The highest BCUT2D eigenvalue weighted by molar-refractivity contribution is 7.88. The van der Waals surface area contributed by atoms with Crippen LogP contribution in [0.3, 0.4) is 0 Å². The van der Waals surface area contributed by atoms with Crippen molar-refractivity contribution in [2.24, 2.45) is 5.92 Å². The zero-order chi connectivity index (χ0) is 17.9. The first-order valence-electron chi connectivity index (χ1n) is 9.82. The molecule has 0 bridgehead atoms. The molecule has 2 saturated heterocycles. The maximum Gasteiger partial charge on any atom is 0.226 e. The normalized spacial score (nSPS) is 28.0. The molecule has 2 heterocycles. The van der Waals surface area contributed by atoms with Crippen LogP contribution in [0.1, 0.15) is 57.8 Å². The van der Waals surface area contributed by atoms with Gasteiger partial charge in [0.25, 0.3) is 0 Å². The minimum absolute atomic E-state index is 0.0148. The summed E-state index contributed by atoms with van der Waals surface area (Å²) in [5.41, 5.74) is 0. The molecule has 0 spiro atoms. The van der Waals surface area contributed by atoms with Crippen molar-refractivity contribution in [2.75, 3.05) is 32.6 Å². The Labute approximate surface area is 151 Å². The topological polar surface area (TPSA) is 66.9 Å². The minimum Gasteiger partial charge on any atom is -0.381 e. The summed E-state index contributed by atoms with van der Waals surface area (Å²) in [6.07, 6.45) is 10.2.